The fourth-order valence-corrected chi connectivity index (χ4v) is 3.83. The molecule has 27 heavy (non-hydrogen) atoms. The standard InChI is InChI=1S/C21H22BrNO4/c1-26-19(24)21(23-20(25)27-14-15-5-3-2-4-6-15)12-11-17(13-21)16-7-9-18(22)10-8-16/h2-10,17H,11-14H2,1H3,(H,23,25). The van der Waals surface area contributed by atoms with E-state index in [9.17, 15) is 9.59 Å². The SMILES string of the molecule is COC(=O)C1(NC(=O)OCc2ccccc2)CCC(c2ccc(Br)cc2)C1. The van der Waals surface area contributed by atoms with E-state index in [1.807, 2.05) is 54.6 Å². The Bertz CT molecular complexity index is 794. The summed E-state index contributed by atoms with van der Waals surface area (Å²) in [5.74, 6) is -0.259. The highest BCUT2D eigenvalue weighted by atomic mass is 79.9. The highest BCUT2D eigenvalue weighted by molar-refractivity contribution is 9.10. The summed E-state index contributed by atoms with van der Waals surface area (Å²) in [4.78, 5) is 24.8. The lowest BCUT2D eigenvalue weighted by Gasteiger charge is -2.27. The van der Waals surface area contributed by atoms with Crippen molar-refractivity contribution < 1.29 is 19.1 Å². The Hall–Kier alpha value is -2.34. The molecule has 1 aliphatic rings. The van der Waals surface area contributed by atoms with Gasteiger partial charge in [-0.3, -0.25) is 0 Å². The van der Waals surface area contributed by atoms with Gasteiger partial charge in [-0.15, -0.1) is 0 Å². The number of methoxy groups -OCH3 is 1. The molecule has 0 radical (unpaired) electrons. The van der Waals surface area contributed by atoms with Crippen molar-refractivity contribution in [2.24, 2.45) is 0 Å². The van der Waals surface area contributed by atoms with E-state index in [2.05, 4.69) is 21.2 Å². The molecule has 1 N–H and O–H groups in total. The number of amides is 1. The molecule has 0 saturated heterocycles. The fourth-order valence-electron chi connectivity index (χ4n) is 3.56. The predicted octanol–water partition coefficient (Wildman–Crippen LogP) is 4.55. The zero-order valence-corrected chi connectivity index (χ0v) is 16.7. The van der Waals surface area contributed by atoms with Gasteiger partial charge in [0.2, 0.25) is 0 Å². The maximum absolute atomic E-state index is 12.5. The van der Waals surface area contributed by atoms with Crippen LogP contribution < -0.4 is 5.32 Å². The lowest BCUT2D eigenvalue weighted by Crippen LogP contribution is -2.53. The lowest BCUT2D eigenvalue weighted by molar-refractivity contribution is -0.148. The molecule has 0 aliphatic heterocycles. The number of halogens is 1. The first-order chi connectivity index (χ1) is 13.0. The van der Waals surface area contributed by atoms with Crippen molar-refractivity contribution >= 4 is 28.0 Å². The van der Waals surface area contributed by atoms with Crippen LogP contribution in [0.5, 0.6) is 0 Å². The minimum Gasteiger partial charge on any atom is -0.467 e. The number of hydrogen-bond acceptors (Lipinski definition) is 4. The average molecular weight is 432 g/mol. The molecule has 1 aliphatic carbocycles. The second-order valence-electron chi connectivity index (χ2n) is 6.75. The number of nitrogens with one attached hydrogen (secondary N) is 1. The van der Waals surface area contributed by atoms with E-state index in [0.717, 1.165) is 22.0 Å². The first-order valence-electron chi connectivity index (χ1n) is 8.85. The molecular formula is C21H22BrNO4. The van der Waals surface area contributed by atoms with Gasteiger partial charge in [-0.2, -0.15) is 0 Å². The Labute approximate surface area is 167 Å². The third-order valence-corrected chi connectivity index (χ3v) is 5.51. The minimum absolute atomic E-state index is 0.153. The predicted molar refractivity (Wildman–Crippen MR) is 105 cm³/mol. The van der Waals surface area contributed by atoms with Gasteiger partial charge in [0.1, 0.15) is 12.1 Å². The van der Waals surface area contributed by atoms with Crippen LogP contribution in [0.4, 0.5) is 4.79 Å². The van der Waals surface area contributed by atoms with Gasteiger partial charge in [0, 0.05) is 4.47 Å². The number of hydrogen-bond donors (Lipinski definition) is 1. The van der Waals surface area contributed by atoms with Gasteiger partial charge in [-0.05, 0) is 48.4 Å². The van der Waals surface area contributed by atoms with Crippen molar-refractivity contribution in [3.8, 4) is 0 Å². The second kappa shape index (κ2) is 8.57. The van der Waals surface area contributed by atoms with E-state index in [0.29, 0.717) is 12.8 Å². The molecule has 1 fully saturated rings. The lowest BCUT2D eigenvalue weighted by atomic mass is 9.92. The van der Waals surface area contributed by atoms with Gasteiger partial charge in [-0.1, -0.05) is 58.4 Å². The molecule has 2 aromatic rings. The maximum atomic E-state index is 12.5. The molecule has 2 aromatic carbocycles. The Morgan fingerprint density at radius 1 is 1.15 bits per heavy atom. The molecule has 3 rings (SSSR count). The molecule has 1 amide bonds. The molecule has 0 aromatic heterocycles. The van der Waals surface area contributed by atoms with Crippen molar-refractivity contribution in [2.45, 2.75) is 37.3 Å². The van der Waals surface area contributed by atoms with Crippen molar-refractivity contribution in [1.29, 1.82) is 0 Å². The molecule has 142 valence electrons. The number of esters is 1. The summed E-state index contributed by atoms with van der Waals surface area (Å²) < 4.78 is 11.3. The van der Waals surface area contributed by atoms with Crippen LogP contribution in [0.15, 0.2) is 59.1 Å². The van der Waals surface area contributed by atoms with E-state index in [1.54, 1.807) is 0 Å². The van der Waals surface area contributed by atoms with Crippen LogP contribution in [-0.4, -0.2) is 24.7 Å². The van der Waals surface area contributed by atoms with Crippen LogP contribution in [0.25, 0.3) is 0 Å². The fraction of sp³-hybridized carbons (Fsp3) is 0.333. The first kappa shape index (κ1) is 19.4. The van der Waals surface area contributed by atoms with Crippen LogP contribution in [0, 0.1) is 0 Å². The molecule has 6 heteroatoms. The molecular weight excluding hydrogens is 410 g/mol. The monoisotopic (exact) mass is 431 g/mol. The zero-order chi connectivity index (χ0) is 19.3. The van der Waals surface area contributed by atoms with Crippen LogP contribution in [-0.2, 0) is 20.9 Å². The molecule has 0 bridgehead atoms. The van der Waals surface area contributed by atoms with Gasteiger partial charge >= 0.3 is 12.1 Å². The van der Waals surface area contributed by atoms with Gasteiger partial charge in [0.05, 0.1) is 7.11 Å². The molecule has 2 atom stereocenters. The smallest absolute Gasteiger partial charge is 0.408 e. The Morgan fingerprint density at radius 2 is 1.85 bits per heavy atom. The minimum atomic E-state index is -1.06. The number of ether oxygens (including phenoxy) is 2. The second-order valence-corrected chi connectivity index (χ2v) is 7.67. The summed E-state index contributed by atoms with van der Waals surface area (Å²) >= 11 is 3.43. The third-order valence-electron chi connectivity index (χ3n) is 4.99. The average Bonchev–Trinajstić information content (AvgIpc) is 3.12. The summed E-state index contributed by atoms with van der Waals surface area (Å²) in [5.41, 5.74) is 0.975. The van der Waals surface area contributed by atoms with Crippen molar-refractivity contribution in [3.63, 3.8) is 0 Å². The molecule has 1 saturated carbocycles. The van der Waals surface area contributed by atoms with Crippen LogP contribution in [0.3, 0.4) is 0 Å². The van der Waals surface area contributed by atoms with Gasteiger partial charge in [-0.25, -0.2) is 9.59 Å². The molecule has 2 unspecified atom stereocenters. The van der Waals surface area contributed by atoms with Crippen molar-refractivity contribution in [3.05, 3.63) is 70.2 Å². The van der Waals surface area contributed by atoms with Crippen LogP contribution >= 0.6 is 15.9 Å². The molecule has 0 spiro atoms. The van der Waals surface area contributed by atoms with Crippen LogP contribution in [0.1, 0.15) is 36.3 Å². The summed E-state index contributed by atoms with van der Waals surface area (Å²) in [6.07, 6.45) is 1.18. The Kier molecular flexibility index (Phi) is 6.16. The van der Waals surface area contributed by atoms with Gasteiger partial charge in [0.25, 0.3) is 0 Å². The number of benzene rings is 2. The number of carbonyl (C=O) groups is 2. The van der Waals surface area contributed by atoms with Crippen molar-refractivity contribution in [1.82, 2.24) is 5.32 Å². The third kappa shape index (κ3) is 4.69. The first-order valence-corrected chi connectivity index (χ1v) is 9.64. The highest BCUT2D eigenvalue weighted by Crippen LogP contribution is 2.42. The Morgan fingerprint density at radius 3 is 2.52 bits per heavy atom. The van der Waals surface area contributed by atoms with Gasteiger partial charge in [0.15, 0.2) is 0 Å². The maximum Gasteiger partial charge on any atom is 0.408 e. The van der Waals surface area contributed by atoms with E-state index >= 15 is 0 Å². The number of rotatable bonds is 5. The summed E-state index contributed by atoms with van der Waals surface area (Å²) in [7, 11) is 1.34. The van der Waals surface area contributed by atoms with E-state index in [1.165, 1.54) is 7.11 Å². The Balaban J connectivity index is 1.67. The van der Waals surface area contributed by atoms with Gasteiger partial charge < -0.3 is 14.8 Å². The zero-order valence-electron chi connectivity index (χ0n) is 15.1. The van der Waals surface area contributed by atoms with Crippen molar-refractivity contribution in [2.75, 3.05) is 7.11 Å². The number of carbonyl (C=O) groups excluding carboxylic acids is 2. The molecule has 0 heterocycles. The normalized spacial score (nSPS) is 21.5. The summed E-state index contributed by atoms with van der Waals surface area (Å²) in [5, 5.41) is 2.78. The van der Waals surface area contributed by atoms with Crippen LogP contribution in [0.2, 0.25) is 0 Å². The molecule has 5 nitrogen and oxygen atoms in total. The largest absolute Gasteiger partial charge is 0.467 e. The van der Waals surface area contributed by atoms with E-state index in [4.69, 9.17) is 9.47 Å². The highest BCUT2D eigenvalue weighted by Gasteiger charge is 2.48. The topological polar surface area (TPSA) is 64.6 Å². The number of alkyl carbamates (subject to hydrolysis) is 1. The summed E-state index contributed by atoms with van der Waals surface area (Å²) in [6, 6.07) is 17.5. The quantitative estimate of drug-likeness (QED) is 0.704. The van der Waals surface area contributed by atoms with E-state index < -0.39 is 17.6 Å². The van der Waals surface area contributed by atoms with E-state index in [-0.39, 0.29) is 12.5 Å². The summed E-state index contributed by atoms with van der Waals surface area (Å²) in [6.45, 7) is 0.153.